The van der Waals surface area contributed by atoms with Gasteiger partial charge in [-0.2, -0.15) is 0 Å². The second kappa shape index (κ2) is 10.1. The van der Waals surface area contributed by atoms with E-state index in [-0.39, 0.29) is 29.4 Å². The molecule has 4 unspecified atom stereocenters. The van der Waals surface area contributed by atoms with Crippen LogP contribution < -0.4 is 5.32 Å². The molecule has 3 rings (SSSR count). The van der Waals surface area contributed by atoms with Crippen LogP contribution in [0.15, 0.2) is 65.6 Å². The highest BCUT2D eigenvalue weighted by molar-refractivity contribution is 8.00. The van der Waals surface area contributed by atoms with Crippen LogP contribution in [0.5, 0.6) is 0 Å². The molecular weight excluding hydrogens is 368 g/mol. The Morgan fingerprint density at radius 2 is 1.64 bits per heavy atom. The van der Waals surface area contributed by atoms with Gasteiger partial charge in [0.25, 0.3) is 0 Å². The molecule has 0 radical (unpaired) electrons. The Morgan fingerprint density at radius 1 is 1.07 bits per heavy atom. The van der Waals surface area contributed by atoms with Gasteiger partial charge in [-0.3, -0.25) is 9.69 Å². The first-order chi connectivity index (χ1) is 13.5. The summed E-state index contributed by atoms with van der Waals surface area (Å²) in [7, 11) is 0. The van der Waals surface area contributed by atoms with Gasteiger partial charge in [0.2, 0.25) is 5.91 Å². The lowest BCUT2D eigenvalue weighted by molar-refractivity contribution is -0.121. The minimum Gasteiger partial charge on any atom is -0.373 e. The normalized spacial score (nSPS) is 22.4. The van der Waals surface area contributed by atoms with E-state index in [0.717, 1.165) is 23.5 Å². The molecule has 1 amide bonds. The topological polar surface area (TPSA) is 41.6 Å². The van der Waals surface area contributed by atoms with Crippen molar-refractivity contribution in [2.75, 3.05) is 19.6 Å². The third-order valence-corrected chi connectivity index (χ3v) is 6.25. The molecule has 0 bridgehead atoms. The van der Waals surface area contributed by atoms with Crippen molar-refractivity contribution < 1.29 is 9.53 Å². The van der Waals surface area contributed by atoms with E-state index in [2.05, 4.69) is 31.0 Å². The molecule has 0 saturated carbocycles. The molecule has 0 aromatic heterocycles. The SMILES string of the molecule is CC1CN(C(C)CNC(=O)C(Sc2ccccc2)c2ccccc2)CC(C)O1. The van der Waals surface area contributed by atoms with E-state index in [1.54, 1.807) is 11.8 Å². The number of hydrogen-bond donors (Lipinski definition) is 1. The fourth-order valence-electron chi connectivity index (χ4n) is 3.58. The molecule has 1 N–H and O–H groups in total. The van der Waals surface area contributed by atoms with E-state index < -0.39 is 0 Å². The Bertz CT molecular complexity index is 731. The summed E-state index contributed by atoms with van der Waals surface area (Å²) in [6, 6.07) is 20.4. The van der Waals surface area contributed by atoms with Crippen LogP contribution in [0.4, 0.5) is 0 Å². The molecule has 2 aromatic rings. The minimum atomic E-state index is -0.265. The first kappa shape index (κ1) is 20.9. The fourth-order valence-corrected chi connectivity index (χ4v) is 4.65. The van der Waals surface area contributed by atoms with Gasteiger partial charge in [0.05, 0.1) is 12.2 Å². The summed E-state index contributed by atoms with van der Waals surface area (Å²) in [5.74, 6) is 0.0567. The Labute approximate surface area is 172 Å². The van der Waals surface area contributed by atoms with E-state index in [0.29, 0.717) is 6.54 Å². The predicted molar refractivity (Wildman–Crippen MR) is 116 cm³/mol. The third kappa shape index (κ3) is 5.84. The minimum absolute atomic E-state index is 0.0567. The van der Waals surface area contributed by atoms with E-state index in [4.69, 9.17) is 4.74 Å². The number of rotatable bonds is 7. The van der Waals surface area contributed by atoms with Crippen molar-refractivity contribution in [3.8, 4) is 0 Å². The Morgan fingerprint density at radius 3 is 2.25 bits per heavy atom. The number of thioether (sulfide) groups is 1. The zero-order valence-electron chi connectivity index (χ0n) is 16.9. The summed E-state index contributed by atoms with van der Waals surface area (Å²) in [5, 5.41) is 2.92. The van der Waals surface area contributed by atoms with E-state index in [1.165, 1.54) is 0 Å². The second-order valence-corrected chi connectivity index (χ2v) is 8.71. The molecule has 28 heavy (non-hydrogen) atoms. The fraction of sp³-hybridized carbons (Fsp3) is 0.435. The van der Waals surface area contributed by atoms with Gasteiger partial charge in [-0.15, -0.1) is 11.8 Å². The van der Waals surface area contributed by atoms with Crippen molar-refractivity contribution in [3.05, 3.63) is 66.2 Å². The molecule has 1 aliphatic heterocycles. The number of nitrogens with zero attached hydrogens (tertiary/aromatic N) is 1. The maximum Gasteiger partial charge on any atom is 0.238 e. The van der Waals surface area contributed by atoms with Crippen LogP contribution in [0, 0.1) is 0 Å². The number of hydrogen-bond acceptors (Lipinski definition) is 4. The number of nitrogens with one attached hydrogen (secondary N) is 1. The van der Waals surface area contributed by atoms with Crippen molar-refractivity contribution in [2.24, 2.45) is 0 Å². The van der Waals surface area contributed by atoms with Crippen molar-refractivity contribution in [1.82, 2.24) is 10.2 Å². The predicted octanol–water partition coefficient (Wildman–Crippen LogP) is 4.13. The van der Waals surface area contributed by atoms with Crippen LogP contribution in [0.25, 0.3) is 0 Å². The highest BCUT2D eigenvalue weighted by atomic mass is 32.2. The number of ether oxygens (including phenoxy) is 1. The maximum atomic E-state index is 13.1. The quantitative estimate of drug-likeness (QED) is 0.712. The first-order valence-corrected chi connectivity index (χ1v) is 10.8. The van der Waals surface area contributed by atoms with Gasteiger partial charge in [0.15, 0.2) is 0 Å². The zero-order chi connectivity index (χ0) is 19.9. The van der Waals surface area contributed by atoms with Gasteiger partial charge in [-0.1, -0.05) is 48.5 Å². The van der Waals surface area contributed by atoms with Crippen LogP contribution in [-0.4, -0.2) is 48.7 Å². The smallest absolute Gasteiger partial charge is 0.238 e. The number of carbonyl (C=O) groups excluding carboxylic acids is 1. The van der Waals surface area contributed by atoms with Crippen molar-refractivity contribution in [3.63, 3.8) is 0 Å². The largest absolute Gasteiger partial charge is 0.373 e. The van der Waals surface area contributed by atoms with Crippen molar-refractivity contribution in [2.45, 2.75) is 49.2 Å². The molecule has 2 aromatic carbocycles. The Hall–Kier alpha value is -1.82. The lowest BCUT2D eigenvalue weighted by Gasteiger charge is -2.39. The van der Waals surface area contributed by atoms with E-state index in [9.17, 15) is 4.79 Å². The summed E-state index contributed by atoms with van der Waals surface area (Å²) < 4.78 is 5.82. The molecule has 1 saturated heterocycles. The summed E-state index contributed by atoms with van der Waals surface area (Å²) in [5.41, 5.74) is 1.02. The Balaban J connectivity index is 1.64. The molecular formula is C23H30N2O2S. The highest BCUT2D eigenvalue weighted by Crippen LogP contribution is 2.35. The lowest BCUT2D eigenvalue weighted by Crippen LogP contribution is -2.52. The molecule has 4 nitrogen and oxygen atoms in total. The van der Waals surface area contributed by atoms with E-state index in [1.807, 2.05) is 60.7 Å². The van der Waals surface area contributed by atoms with Crippen LogP contribution in [-0.2, 0) is 9.53 Å². The monoisotopic (exact) mass is 398 g/mol. The highest BCUT2D eigenvalue weighted by Gasteiger charge is 2.27. The Kier molecular flexibility index (Phi) is 7.54. The molecule has 1 fully saturated rings. The molecule has 1 heterocycles. The number of benzene rings is 2. The molecule has 0 aliphatic carbocycles. The van der Waals surface area contributed by atoms with Gasteiger partial charge in [0, 0.05) is 30.6 Å². The van der Waals surface area contributed by atoms with Crippen molar-refractivity contribution >= 4 is 17.7 Å². The van der Waals surface area contributed by atoms with E-state index >= 15 is 0 Å². The molecule has 4 atom stereocenters. The zero-order valence-corrected chi connectivity index (χ0v) is 17.7. The summed E-state index contributed by atoms with van der Waals surface area (Å²) in [6.07, 6.45) is 0.459. The summed E-state index contributed by atoms with van der Waals surface area (Å²) in [6.45, 7) is 8.83. The summed E-state index contributed by atoms with van der Waals surface area (Å²) in [4.78, 5) is 16.6. The first-order valence-electron chi connectivity index (χ1n) is 9.97. The number of morpholine rings is 1. The second-order valence-electron chi connectivity index (χ2n) is 7.53. The average molecular weight is 399 g/mol. The van der Waals surface area contributed by atoms with Crippen LogP contribution in [0.3, 0.4) is 0 Å². The molecule has 1 aliphatic rings. The number of carbonyl (C=O) groups is 1. The average Bonchev–Trinajstić information content (AvgIpc) is 2.70. The lowest BCUT2D eigenvalue weighted by atomic mass is 10.1. The molecule has 150 valence electrons. The van der Waals surface area contributed by atoms with Crippen molar-refractivity contribution in [1.29, 1.82) is 0 Å². The molecule has 0 spiro atoms. The molecule has 5 heteroatoms. The summed E-state index contributed by atoms with van der Waals surface area (Å²) >= 11 is 1.59. The van der Waals surface area contributed by atoms with Crippen LogP contribution >= 0.6 is 11.8 Å². The standard InChI is InChI=1S/C23H30N2O2S/c1-17(25-15-18(2)27-19(3)16-25)14-24-23(26)22(20-10-6-4-7-11-20)28-21-12-8-5-9-13-21/h4-13,17-19,22H,14-16H2,1-3H3,(H,24,26). The van der Waals surface area contributed by atoms with Crippen LogP contribution in [0.1, 0.15) is 31.6 Å². The third-order valence-electron chi connectivity index (χ3n) is 4.98. The number of amides is 1. The maximum absolute atomic E-state index is 13.1. The van der Waals surface area contributed by atoms with Gasteiger partial charge in [-0.25, -0.2) is 0 Å². The van der Waals surface area contributed by atoms with Gasteiger partial charge < -0.3 is 10.1 Å². The van der Waals surface area contributed by atoms with Gasteiger partial charge in [-0.05, 0) is 38.5 Å². The van der Waals surface area contributed by atoms with Crippen LogP contribution in [0.2, 0.25) is 0 Å². The van der Waals surface area contributed by atoms with Gasteiger partial charge >= 0.3 is 0 Å². The van der Waals surface area contributed by atoms with Gasteiger partial charge in [0.1, 0.15) is 5.25 Å².